The van der Waals surface area contributed by atoms with Crippen LogP contribution >= 0.6 is 11.6 Å². The van der Waals surface area contributed by atoms with Gasteiger partial charge in [0.25, 0.3) is 5.91 Å². The third-order valence-electron chi connectivity index (χ3n) is 4.13. The average Bonchev–Trinajstić information content (AvgIpc) is 3.19. The molecule has 1 atom stereocenters. The number of halogens is 1. The minimum Gasteiger partial charge on any atom is -0.480 e. The average molecular weight is 398 g/mol. The minimum atomic E-state index is -1.07. The van der Waals surface area contributed by atoms with Crippen LogP contribution in [0.15, 0.2) is 60.9 Å². The lowest BCUT2D eigenvalue weighted by atomic mass is 10.0. The number of carboxylic acid groups (broad SMARTS) is 1. The molecule has 0 aliphatic rings. The van der Waals surface area contributed by atoms with E-state index in [1.807, 2.05) is 0 Å². The molecule has 0 spiro atoms. The van der Waals surface area contributed by atoms with E-state index >= 15 is 0 Å². The molecular weight excluding hydrogens is 382 g/mol. The number of carbonyl (C=O) groups excluding carboxylic acids is 2. The summed E-state index contributed by atoms with van der Waals surface area (Å²) < 4.78 is 1.18. The van der Waals surface area contributed by atoms with Gasteiger partial charge in [-0.3, -0.25) is 14.3 Å². The highest BCUT2D eigenvalue weighted by Gasteiger charge is 2.19. The van der Waals surface area contributed by atoms with E-state index in [0.29, 0.717) is 16.3 Å². The van der Waals surface area contributed by atoms with Crippen molar-refractivity contribution in [3.8, 4) is 0 Å². The van der Waals surface area contributed by atoms with Gasteiger partial charge in [-0.05, 0) is 25.1 Å². The predicted octanol–water partition coefficient (Wildman–Crippen LogP) is 3.67. The highest BCUT2D eigenvalue weighted by Crippen LogP contribution is 2.24. The molecule has 1 heterocycles. The van der Waals surface area contributed by atoms with Gasteiger partial charge in [-0.1, -0.05) is 41.9 Å². The van der Waals surface area contributed by atoms with E-state index in [9.17, 15) is 14.4 Å². The fraction of sp³-hybridized carbons (Fsp3) is 0.100. The third-order valence-corrected chi connectivity index (χ3v) is 4.36. The number of amides is 1. The van der Waals surface area contributed by atoms with Crippen molar-refractivity contribution in [2.24, 2.45) is 0 Å². The molecule has 0 radical (unpaired) electrons. The molecule has 1 aromatic heterocycles. The molecule has 0 aliphatic heterocycles. The van der Waals surface area contributed by atoms with E-state index in [1.54, 1.807) is 42.5 Å². The van der Waals surface area contributed by atoms with Crippen molar-refractivity contribution in [3.63, 3.8) is 0 Å². The van der Waals surface area contributed by atoms with Crippen LogP contribution in [-0.2, 0) is 4.79 Å². The number of carbonyl (C=O) groups is 3. The van der Waals surface area contributed by atoms with Crippen LogP contribution in [0.3, 0.4) is 0 Å². The van der Waals surface area contributed by atoms with Crippen LogP contribution in [0.4, 0.5) is 5.69 Å². The first-order chi connectivity index (χ1) is 13.4. The molecule has 28 heavy (non-hydrogen) atoms. The molecule has 0 fully saturated rings. The Balaban J connectivity index is 1.88. The largest absolute Gasteiger partial charge is 0.480 e. The van der Waals surface area contributed by atoms with E-state index in [1.165, 1.54) is 30.1 Å². The number of ketones is 1. The van der Waals surface area contributed by atoms with Gasteiger partial charge in [-0.25, -0.2) is 4.79 Å². The Morgan fingerprint density at radius 3 is 2.50 bits per heavy atom. The third kappa shape index (κ3) is 4.10. The fourth-order valence-electron chi connectivity index (χ4n) is 2.53. The Morgan fingerprint density at radius 2 is 1.82 bits per heavy atom. The molecule has 2 aromatic carbocycles. The van der Waals surface area contributed by atoms with Gasteiger partial charge in [0, 0.05) is 22.3 Å². The molecule has 0 saturated carbocycles. The Labute approximate surface area is 165 Å². The van der Waals surface area contributed by atoms with Crippen molar-refractivity contribution in [2.75, 3.05) is 5.32 Å². The van der Waals surface area contributed by atoms with Crippen LogP contribution in [0, 0.1) is 0 Å². The first-order valence-corrected chi connectivity index (χ1v) is 8.72. The number of aromatic nitrogens is 2. The highest BCUT2D eigenvalue weighted by molar-refractivity contribution is 6.31. The quantitative estimate of drug-likeness (QED) is 0.618. The van der Waals surface area contributed by atoms with Crippen LogP contribution < -0.4 is 5.32 Å². The SMILES string of the molecule is CC(C(=O)O)n1cc(C(=O)Nc2ccc(Cl)cc2C(=O)c2ccccc2)cn1. The molecule has 0 bridgehead atoms. The van der Waals surface area contributed by atoms with Crippen LogP contribution in [-0.4, -0.2) is 32.5 Å². The Bertz CT molecular complexity index is 1050. The number of anilines is 1. The van der Waals surface area contributed by atoms with Crippen LogP contribution in [0.25, 0.3) is 0 Å². The first-order valence-electron chi connectivity index (χ1n) is 8.34. The molecule has 2 N–H and O–H groups in total. The van der Waals surface area contributed by atoms with Crippen molar-refractivity contribution in [1.29, 1.82) is 0 Å². The number of benzene rings is 2. The Kier molecular flexibility index (Phi) is 5.56. The maximum absolute atomic E-state index is 12.8. The van der Waals surface area contributed by atoms with Gasteiger partial charge in [0.05, 0.1) is 17.4 Å². The normalized spacial score (nSPS) is 11.6. The smallest absolute Gasteiger partial charge is 0.328 e. The minimum absolute atomic E-state index is 0.168. The zero-order chi connectivity index (χ0) is 20.3. The number of hydrogen-bond donors (Lipinski definition) is 2. The first kappa shape index (κ1) is 19.3. The topological polar surface area (TPSA) is 101 Å². The van der Waals surface area contributed by atoms with Gasteiger partial charge in [-0.15, -0.1) is 0 Å². The summed E-state index contributed by atoms with van der Waals surface area (Å²) in [6.07, 6.45) is 2.60. The molecule has 1 unspecified atom stereocenters. The second-order valence-electron chi connectivity index (χ2n) is 6.06. The molecule has 3 aromatic rings. The fourth-order valence-corrected chi connectivity index (χ4v) is 2.71. The summed E-state index contributed by atoms with van der Waals surface area (Å²) in [7, 11) is 0. The summed E-state index contributed by atoms with van der Waals surface area (Å²) in [5, 5.41) is 16.0. The molecule has 0 saturated heterocycles. The summed E-state index contributed by atoms with van der Waals surface area (Å²) in [6, 6.07) is 12.3. The standard InChI is InChI=1S/C20H16ClN3O4/c1-12(20(27)28)24-11-14(10-22-24)19(26)23-17-8-7-15(21)9-16(17)18(25)13-5-3-2-4-6-13/h2-12H,1H3,(H,23,26)(H,27,28). The molecular formula is C20H16ClN3O4. The van der Waals surface area contributed by atoms with Gasteiger partial charge in [0.15, 0.2) is 5.78 Å². The zero-order valence-electron chi connectivity index (χ0n) is 14.8. The van der Waals surface area contributed by atoms with Gasteiger partial charge < -0.3 is 10.4 Å². The van der Waals surface area contributed by atoms with E-state index in [-0.39, 0.29) is 16.9 Å². The summed E-state index contributed by atoms with van der Waals surface area (Å²) >= 11 is 6.04. The molecule has 8 heteroatoms. The van der Waals surface area contributed by atoms with E-state index in [4.69, 9.17) is 16.7 Å². The lowest BCUT2D eigenvalue weighted by Crippen LogP contribution is -2.17. The zero-order valence-corrected chi connectivity index (χ0v) is 15.6. The Morgan fingerprint density at radius 1 is 1.11 bits per heavy atom. The molecule has 7 nitrogen and oxygen atoms in total. The molecule has 1 amide bonds. The van der Waals surface area contributed by atoms with Crippen molar-refractivity contribution >= 4 is 34.9 Å². The van der Waals surface area contributed by atoms with Crippen LogP contribution in [0.2, 0.25) is 5.02 Å². The number of aliphatic carboxylic acids is 1. The van der Waals surface area contributed by atoms with Gasteiger partial charge >= 0.3 is 5.97 Å². The highest BCUT2D eigenvalue weighted by atomic mass is 35.5. The summed E-state index contributed by atoms with van der Waals surface area (Å²) in [6.45, 7) is 1.45. The second-order valence-corrected chi connectivity index (χ2v) is 6.50. The second kappa shape index (κ2) is 8.06. The van der Waals surface area contributed by atoms with E-state index < -0.39 is 17.9 Å². The van der Waals surface area contributed by atoms with Crippen molar-refractivity contribution in [2.45, 2.75) is 13.0 Å². The van der Waals surface area contributed by atoms with Crippen molar-refractivity contribution in [3.05, 3.63) is 82.6 Å². The summed E-state index contributed by atoms with van der Waals surface area (Å²) in [4.78, 5) is 36.4. The maximum Gasteiger partial charge on any atom is 0.328 e. The molecule has 142 valence electrons. The van der Waals surface area contributed by atoms with Gasteiger partial charge in [0.1, 0.15) is 6.04 Å². The number of carboxylic acids is 1. The maximum atomic E-state index is 12.8. The molecule has 0 aliphatic carbocycles. The summed E-state index contributed by atoms with van der Waals surface area (Å²) in [5.74, 6) is -1.87. The lowest BCUT2D eigenvalue weighted by molar-refractivity contribution is -0.140. The lowest BCUT2D eigenvalue weighted by Gasteiger charge is -2.11. The number of rotatable bonds is 6. The van der Waals surface area contributed by atoms with Crippen molar-refractivity contribution in [1.82, 2.24) is 9.78 Å². The van der Waals surface area contributed by atoms with E-state index in [2.05, 4.69) is 10.4 Å². The predicted molar refractivity (Wildman–Crippen MR) is 104 cm³/mol. The van der Waals surface area contributed by atoms with E-state index in [0.717, 1.165) is 0 Å². The number of hydrogen-bond acceptors (Lipinski definition) is 4. The number of nitrogens with zero attached hydrogens (tertiary/aromatic N) is 2. The monoisotopic (exact) mass is 397 g/mol. The van der Waals surface area contributed by atoms with Crippen molar-refractivity contribution < 1.29 is 19.5 Å². The Hall–Kier alpha value is -3.45. The van der Waals surface area contributed by atoms with Gasteiger partial charge in [0.2, 0.25) is 0 Å². The van der Waals surface area contributed by atoms with Crippen LogP contribution in [0.5, 0.6) is 0 Å². The summed E-state index contributed by atoms with van der Waals surface area (Å²) in [5.41, 5.74) is 1.17. The van der Waals surface area contributed by atoms with Gasteiger partial charge in [-0.2, -0.15) is 5.10 Å². The van der Waals surface area contributed by atoms with Crippen LogP contribution in [0.1, 0.15) is 39.2 Å². The number of nitrogens with one attached hydrogen (secondary N) is 1. The molecule has 3 rings (SSSR count).